The molecule has 4 amide bonds. The van der Waals surface area contributed by atoms with Gasteiger partial charge in [-0.3, -0.25) is 19.2 Å². The van der Waals surface area contributed by atoms with Crippen LogP contribution in [0, 0.1) is 24.4 Å². The quantitative estimate of drug-likeness (QED) is 0.120. The smallest absolute Gasteiger partial charge is 0.416 e. The molecular weight excluding hydrogens is 999 g/mol. The van der Waals surface area contributed by atoms with Crippen molar-refractivity contribution in [3.63, 3.8) is 0 Å². The number of nitrogens with one attached hydrogen (secondary N) is 4. The molecule has 0 fully saturated rings. The Bertz CT molecular complexity index is 3420. The predicted molar refractivity (Wildman–Crippen MR) is 235 cm³/mol. The molecule has 23 heteroatoms. The van der Waals surface area contributed by atoms with Crippen LogP contribution in [0.2, 0.25) is 5.02 Å². The van der Waals surface area contributed by atoms with Crippen LogP contribution in [-0.2, 0) is 28.6 Å². The lowest BCUT2D eigenvalue weighted by Gasteiger charge is -2.19. The molecule has 71 heavy (non-hydrogen) atoms. The fourth-order valence-corrected chi connectivity index (χ4v) is 10.6. The molecule has 6 aromatic rings. The van der Waals surface area contributed by atoms with Crippen LogP contribution < -0.4 is 30.7 Å². The van der Waals surface area contributed by atoms with Gasteiger partial charge in [0.1, 0.15) is 17.5 Å². The molecule has 0 spiro atoms. The zero-order valence-corrected chi connectivity index (χ0v) is 37.5. The number of benzene rings is 6. The van der Waals surface area contributed by atoms with Crippen molar-refractivity contribution in [2.75, 3.05) is 23.2 Å². The van der Waals surface area contributed by atoms with Gasteiger partial charge in [-0.1, -0.05) is 35.9 Å². The van der Waals surface area contributed by atoms with Crippen molar-refractivity contribution in [1.29, 1.82) is 0 Å². The standard InChI is InChI=1S/C24H14ClF5N2O4S.C24H16F4N2O4/c25-16-2-1-12(26)8-15(16)21-20-17(9-18-14(3-4-37(18,35)36)19(20)23(34)32-21)31-22(33)10-5-11(24(28,29)30)7-13(27)6-10;1-11-4-2-3-5-15(11)20-18-16(9-17-21(34-10-33-17)19(18)23(32)30-20)29-22(31)12-6-13(24(26,27)28)8-14(25)7-12/h1-2,5-9,21H,3-4H2,(H,31,33)(H,32,34);2-9,20H,10H2,1H3,(H,29,31)(H,30,32). The van der Waals surface area contributed by atoms with Gasteiger partial charge in [0.2, 0.25) is 6.79 Å². The number of carbonyl (C=O) groups excluding carboxylic acids is 4. The first-order valence-corrected chi connectivity index (χ1v) is 22.8. The number of fused-ring (bicyclic) bond motifs is 6. The zero-order valence-electron chi connectivity index (χ0n) is 35.9. The molecule has 2 atom stereocenters. The number of anilines is 2. The third-order valence-electron chi connectivity index (χ3n) is 11.9. The van der Waals surface area contributed by atoms with Crippen molar-refractivity contribution in [3.05, 3.63) is 180 Å². The molecule has 0 aromatic heterocycles. The van der Waals surface area contributed by atoms with Crippen LogP contribution in [0.25, 0.3) is 0 Å². The lowest BCUT2D eigenvalue weighted by molar-refractivity contribution is -0.138. The van der Waals surface area contributed by atoms with Crippen molar-refractivity contribution >= 4 is 56.4 Å². The molecule has 0 aliphatic carbocycles. The number of amides is 4. The van der Waals surface area contributed by atoms with Gasteiger partial charge in [0.05, 0.1) is 50.7 Å². The highest BCUT2D eigenvalue weighted by Gasteiger charge is 2.43. The minimum atomic E-state index is -4.93. The average Bonchev–Trinajstić information content (AvgIpc) is 4.07. The van der Waals surface area contributed by atoms with Crippen LogP contribution in [0.1, 0.15) is 98.0 Å². The molecule has 0 radical (unpaired) electrons. The zero-order chi connectivity index (χ0) is 51.1. The van der Waals surface area contributed by atoms with Gasteiger partial charge in [0.15, 0.2) is 21.3 Å². The number of alkyl halides is 6. The second-order valence-corrected chi connectivity index (χ2v) is 18.9. The maximum absolute atomic E-state index is 14.1. The number of sulfone groups is 1. The van der Waals surface area contributed by atoms with E-state index in [4.69, 9.17) is 21.1 Å². The molecule has 2 unspecified atom stereocenters. The Morgan fingerprint density at radius 2 is 1.23 bits per heavy atom. The predicted octanol–water partition coefficient (Wildman–Crippen LogP) is 10.0. The Kier molecular flexibility index (Phi) is 12.1. The van der Waals surface area contributed by atoms with E-state index in [1.807, 2.05) is 25.1 Å². The molecule has 0 bridgehead atoms. The number of rotatable bonds is 6. The number of aryl methyl sites for hydroxylation is 1. The van der Waals surface area contributed by atoms with E-state index < -0.39 is 97.6 Å². The number of ether oxygens (including phenoxy) is 2. The molecule has 0 saturated carbocycles. The lowest BCUT2D eigenvalue weighted by Crippen LogP contribution is -2.21. The molecule has 4 heterocycles. The Hall–Kier alpha value is -7.59. The van der Waals surface area contributed by atoms with E-state index in [9.17, 15) is 67.1 Å². The Morgan fingerprint density at radius 1 is 0.676 bits per heavy atom. The Balaban J connectivity index is 0.000000176. The highest BCUT2D eigenvalue weighted by molar-refractivity contribution is 7.91. The minimum Gasteiger partial charge on any atom is -0.453 e. The van der Waals surface area contributed by atoms with Crippen molar-refractivity contribution in [3.8, 4) is 11.5 Å². The Morgan fingerprint density at radius 3 is 1.82 bits per heavy atom. The Labute approximate surface area is 400 Å². The third kappa shape index (κ3) is 9.08. The molecule has 4 aliphatic heterocycles. The summed E-state index contributed by atoms with van der Waals surface area (Å²) in [6, 6.07) is 14.3. The van der Waals surface area contributed by atoms with E-state index >= 15 is 0 Å². The molecule has 6 aromatic carbocycles. The summed E-state index contributed by atoms with van der Waals surface area (Å²) >= 11 is 6.24. The van der Waals surface area contributed by atoms with Crippen LogP contribution in [-0.4, -0.2) is 44.6 Å². The first kappa shape index (κ1) is 48.4. The van der Waals surface area contributed by atoms with Crippen molar-refractivity contribution in [2.24, 2.45) is 0 Å². The van der Waals surface area contributed by atoms with Crippen LogP contribution in [0.15, 0.2) is 95.9 Å². The van der Waals surface area contributed by atoms with Gasteiger partial charge in [0.25, 0.3) is 23.6 Å². The first-order valence-electron chi connectivity index (χ1n) is 20.8. The van der Waals surface area contributed by atoms with Crippen LogP contribution in [0.4, 0.5) is 50.9 Å². The number of carbonyl (C=O) groups is 4. The van der Waals surface area contributed by atoms with Crippen LogP contribution in [0.3, 0.4) is 0 Å². The second kappa shape index (κ2) is 17.7. The highest BCUT2D eigenvalue weighted by atomic mass is 35.5. The summed E-state index contributed by atoms with van der Waals surface area (Å²) in [4.78, 5) is 51.5. The molecule has 4 N–H and O–H groups in total. The normalized spacial score (nSPS) is 17.1. The second-order valence-electron chi connectivity index (χ2n) is 16.4. The van der Waals surface area contributed by atoms with Gasteiger partial charge in [0, 0.05) is 44.6 Å². The van der Waals surface area contributed by atoms with Crippen LogP contribution >= 0.6 is 11.6 Å². The summed E-state index contributed by atoms with van der Waals surface area (Å²) in [5, 5.41) is 10.4. The van der Waals surface area contributed by atoms with E-state index in [1.54, 1.807) is 6.07 Å². The van der Waals surface area contributed by atoms with Crippen molar-refractivity contribution < 1.29 is 76.6 Å². The van der Waals surface area contributed by atoms with E-state index in [0.717, 1.165) is 29.3 Å². The summed E-state index contributed by atoms with van der Waals surface area (Å²) in [5.74, 6) is -6.41. The topological polar surface area (TPSA) is 169 Å². The van der Waals surface area contributed by atoms with Gasteiger partial charge in [-0.05, 0) is 90.7 Å². The third-order valence-corrected chi connectivity index (χ3v) is 14.0. The SMILES string of the molecule is Cc1ccccc1C1NC(=O)c2c3c(cc(NC(=O)c4cc(F)cc(C(F)(F)F)c4)c21)OCO3.O=C(Nc1cc2c(c3c1C(c1cc(F)ccc1Cl)NC3=O)CCS2(=O)=O)c1cc(F)cc(C(F)(F)F)c1. The largest absolute Gasteiger partial charge is 0.453 e. The van der Waals surface area contributed by atoms with Gasteiger partial charge in [-0.15, -0.1) is 0 Å². The number of hydrogen-bond donors (Lipinski definition) is 4. The minimum absolute atomic E-state index is 0.00406. The van der Waals surface area contributed by atoms with Gasteiger partial charge < -0.3 is 30.7 Å². The van der Waals surface area contributed by atoms with E-state index in [1.165, 1.54) is 12.1 Å². The maximum Gasteiger partial charge on any atom is 0.416 e. The average molecular weight is 1030 g/mol. The molecular formula is C48H30ClF9N4O8S. The summed E-state index contributed by atoms with van der Waals surface area (Å²) in [7, 11) is -3.83. The molecule has 4 aliphatic rings. The van der Waals surface area contributed by atoms with Gasteiger partial charge in [-0.25, -0.2) is 21.6 Å². The highest BCUT2D eigenvalue weighted by Crippen LogP contribution is 2.49. The van der Waals surface area contributed by atoms with Crippen LogP contribution in [0.5, 0.6) is 11.5 Å². The van der Waals surface area contributed by atoms with Crippen molar-refractivity contribution in [2.45, 2.75) is 42.7 Å². The molecule has 12 nitrogen and oxygen atoms in total. The summed E-state index contributed by atoms with van der Waals surface area (Å²) < 4.78 is 157. The lowest BCUT2D eigenvalue weighted by atomic mass is 9.92. The molecule has 10 rings (SSSR count). The van der Waals surface area contributed by atoms with Gasteiger partial charge >= 0.3 is 12.4 Å². The van der Waals surface area contributed by atoms with Gasteiger partial charge in [-0.2, -0.15) is 26.3 Å². The summed E-state index contributed by atoms with van der Waals surface area (Å²) in [6.07, 6.45) is -9.76. The maximum atomic E-state index is 14.1. The molecule has 366 valence electrons. The van der Waals surface area contributed by atoms with E-state index in [0.29, 0.717) is 35.9 Å². The number of hydrogen-bond acceptors (Lipinski definition) is 8. The van der Waals surface area contributed by atoms with E-state index in [2.05, 4.69) is 21.3 Å². The summed E-state index contributed by atoms with van der Waals surface area (Å²) in [6.45, 7) is 1.72. The fourth-order valence-electron chi connectivity index (χ4n) is 8.76. The fraction of sp³-hybridized carbons (Fsp3) is 0.167. The van der Waals surface area contributed by atoms with E-state index in [-0.39, 0.29) is 85.6 Å². The summed E-state index contributed by atoms with van der Waals surface area (Å²) in [5.41, 5.74) is -1.53. The molecule has 0 saturated heterocycles. The number of halogens is 10. The monoisotopic (exact) mass is 1030 g/mol. The first-order chi connectivity index (χ1) is 33.4. The van der Waals surface area contributed by atoms with Crippen molar-refractivity contribution in [1.82, 2.24) is 10.6 Å².